The molecule has 0 saturated heterocycles. The van der Waals surface area contributed by atoms with Gasteiger partial charge in [-0.15, -0.1) is 0 Å². The van der Waals surface area contributed by atoms with Crippen molar-refractivity contribution in [3.05, 3.63) is 15.9 Å². The number of nitrogens with zero attached hydrogens (tertiary/aromatic N) is 2. The molecule has 1 N–H and O–H groups in total. The molecule has 1 fully saturated rings. The molecule has 1 aliphatic carbocycles. The lowest BCUT2D eigenvalue weighted by atomic mass is 9.99. The third-order valence-corrected chi connectivity index (χ3v) is 5.04. The van der Waals surface area contributed by atoms with Gasteiger partial charge in [-0.25, -0.2) is 0 Å². The Morgan fingerprint density at radius 3 is 2.63 bits per heavy atom. The first kappa shape index (κ1) is 15.0. The summed E-state index contributed by atoms with van der Waals surface area (Å²) < 4.78 is 3.37. The number of hydrogen-bond acceptors (Lipinski definition) is 2. The fourth-order valence-electron chi connectivity index (χ4n) is 2.61. The SMILES string of the molecule is CCn1nc(C)c(Br)c1CC1(CNCC(C)C)CC1. The second-order valence-corrected chi connectivity index (χ2v) is 7.16. The van der Waals surface area contributed by atoms with Crippen LogP contribution in [0.25, 0.3) is 0 Å². The van der Waals surface area contributed by atoms with Crippen molar-refractivity contribution < 1.29 is 0 Å². The fourth-order valence-corrected chi connectivity index (χ4v) is 3.04. The van der Waals surface area contributed by atoms with E-state index in [2.05, 4.69) is 58.7 Å². The van der Waals surface area contributed by atoms with Gasteiger partial charge in [0, 0.05) is 13.1 Å². The number of hydrogen-bond donors (Lipinski definition) is 1. The van der Waals surface area contributed by atoms with E-state index in [0.29, 0.717) is 5.41 Å². The van der Waals surface area contributed by atoms with Gasteiger partial charge in [0.1, 0.15) is 0 Å². The van der Waals surface area contributed by atoms with E-state index in [9.17, 15) is 0 Å². The fraction of sp³-hybridized carbons (Fsp3) is 0.800. The van der Waals surface area contributed by atoms with Crippen LogP contribution in [0.15, 0.2) is 4.47 Å². The van der Waals surface area contributed by atoms with Crippen LogP contribution in [0.3, 0.4) is 0 Å². The summed E-state index contributed by atoms with van der Waals surface area (Å²) in [6.45, 7) is 12.0. The number of aromatic nitrogens is 2. The van der Waals surface area contributed by atoms with E-state index in [1.165, 1.54) is 23.0 Å². The van der Waals surface area contributed by atoms with E-state index in [0.717, 1.165) is 37.7 Å². The summed E-state index contributed by atoms with van der Waals surface area (Å²) in [6.07, 6.45) is 3.84. The second-order valence-electron chi connectivity index (χ2n) is 6.36. The molecule has 3 nitrogen and oxygen atoms in total. The molecular formula is C15H26BrN3. The Labute approximate surface area is 125 Å². The van der Waals surface area contributed by atoms with Gasteiger partial charge in [-0.1, -0.05) is 13.8 Å². The van der Waals surface area contributed by atoms with Gasteiger partial charge in [-0.3, -0.25) is 4.68 Å². The highest BCUT2D eigenvalue weighted by molar-refractivity contribution is 9.10. The zero-order valence-electron chi connectivity index (χ0n) is 12.6. The largest absolute Gasteiger partial charge is 0.316 e. The molecule has 108 valence electrons. The van der Waals surface area contributed by atoms with Crippen LogP contribution in [0.4, 0.5) is 0 Å². The lowest BCUT2D eigenvalue weighted by Crippen LogP contribution is -2.29. The van der Waals surface area contributed by atoms with Gasteiger partial charge in [-0.2, -0.15) is 5.10 Å². The predicted octanol–water partition coefficient (Wildman–Crippen LogP) is 3.54. The summed E-state index contributed by atoms with van der Waals surface area (Å²) in [6, 6.07) is 0. The van der Waals surface area contributed by atoms with E-state index in [1.54, 1.807) is 0 Å². The van der Waals surface area contributed by atoms with E-state index >= 15 is 0 Å². The van der Waals surface area contributed by atoms with Crippen molar-refractivity contribution in [1.29, 1.82) is 0 Å². The van der Waals surface area contributed by atoms with Gasteiger partial charge < -0.3 is 5.32 Å². The van der Waals surface area contributed by atoms with Crippen molar-refractivity contribution in [2.45, 2.75) is 53.5 Å². The summed E-state index contributed by atoms with van der Waals surface area (Å²) in [7, 11) is 0. The normalized spacial score (nSPS) is 17.2. The molecule has 0 bridgehead atoms. The van der Waals surface area contributed by atoms with Gasteiger partial charge in [-0.05, 0) is 66.9 Å². The summed E-state index contributed by atoms with van der Waals surface area (Å²) in [4.78, 5) is 0. The van der Waals surface area contributed by atoms with Gasteiger partial charge in [0.2, 0.25) is 0 Å². The van der Waals surface area contributed by atoms with Gasteiger partial charge in [0.05, 0.1) is 15.9 Å². The standard InChI is InChI=1S/C15H26BrN3/c1-5-19-13(14(16)12(4)18-19)8-15(6-7-15)10-17-9-11(2)3/h11,17H,5-10H2,1-4H3. The summed E-state index contributed by atoms with van der Waals surface area (Å²) in [5.74, 6) is 0.728. The van der Waals surface area contributed by atoms with Crippen LogP contribution in [0.2, 0.25) is 0 Å². The molecule has 0 spiro atoms. The van der Waals surface area contributed by atoms with Crippen molar-refractivity contribution in [3.63, 3.8) is 0 Å². The highest BCUT2D eigenvalue weighted by Gasteiger charge is 2.43. The molecule has 1 aromatic rings. The molecule has 0 aromatic carbocycles. The first-order chi connectivity index (χ1) is 8.97. The highest BCUT2D eigenvalue weighted by Crippen LogP contribution is 2.48. The molecule has 1 aromatic heterocycles. The predicted molar refractivity (Wildman–Crippen MR) is 83.4 cm³/mol. The lowest BCUT2D eigenvalue weighted by Gasteiger charge is -2.18. The Morgan fingerprint density at radius 1 is 1.42 bits per heavy atom. The molecule has 1 heterocycles. The van der Waals surface area contributed by atoms with Crippen molar-refractivity contribution >= 4 is 15.9 Å². The van der Waals surface area contributed by atoms with Crippen LogP contribution >= 0.6 is 15.9 Å². The summed E-state index contributed by atoms with van der Waals surface area (Å²) >= 11 is 3.71. The van der Waals surface area contributed by atoms with E-state index in [4.69, 9.17) is 0 Å². The van der Waals surface area contributed by atoms with Crippen LogP contribution in [0.5, 0.6) is 0 Å². The van der Waals surface area contributed by atoms with Crippen LogP contribution in [0.1, 0.15) is 45.0 Å². The molecule has 0 unspecified atom stereocenters. The molecule has 0 atom stereocenters. The van der Waals surface area contributed by atoms with E-state index in [1.807, 2.05) is 0 Å². The molecular weight excluding hydrogens is 302 g/mol. The molecule has 4 heteroatoms. The molecule has 0 amide bonds. The summed E-state index contributed by atoms with van der Waals surface area (Å²) in [5.41, 5.74) is 2.98. The van der Waals surface area contributed by atoms with E-state index < -0.39 is 0 Å². The third kappa shape index (κ3) is 3.60. The Hall–Kier alpha value is -0.350. The molecule has 2 rings (SSSR count). The minimum Gasteiger partial charge on any atom is -0.316 e. The maximum atomic E-state index is 4.60. The third-order valence-electron chi connectivity index (χ3n) is 4.00. The van der Waals surface area contributed by atoms with Crippen LogP contribution in [0, 0.1) is 18.3 Å². The number of nitrogens with one attached hydrogen (secondary N) is 1. The zero-order chi connectivity index (χ0) is 14.0. The second kappa shape index (κ2) is 5.96. The molecule has 1 aliphatic rings. The van der Waals surface area contributed by atoms with Crippen molar-refractivity contribution in [3.8, 4) is 0 Å². The topological polar surface area (TPSA) is 29.9 Å². The number of halogens is 1. The lowest BCUT2D eigenvalue weighted by molar-refractivity contribution is 0.418. The average Bonchev–Trinajstić information content (AvgIpc) is 3.06. The molecule has 1 saturated carbocycles. The maximum Gasteiger partial charge on any atom is 0.0738 e. The Bertz CT molecular complexity index is 433. The Balaban J connectivity index is 2.00. The quantitative estimate of drug-likeness (QED) is 0.830. The Morgan fingerprint density at radius 2 is 2.11 bits per heavy atom. The number of aryl methyl sites for hydroxylation is 2. The Kier molecular flexibility index (Phi) is 4.72. The number of rotatable bonds is 7. The highest BCUT2D eigenvalue weighted by atomic mass is 79.9. The maximum absolute atomic E-state index is 4.60. The minimum absolute atomic E-state index is 0.483. The molecule has 0 radical (unpaired) electrons. The van der Waals surface area contributed by atoms with Crippen molar-refractivity contribution in [1.82, 2.24) is 15.1 Å². The first-order valence-corrected chi connectivity index (χ1v) is 8.19. The van der Waals surface area contributed by atoms with Gasteiger partial charge >= 0.3 is 0 Å². The van der Waals surface area contributed by atoms with Crippen LogP contribution in [-0.2, 0) is 13.0 Å². The van der Waals surface area contributed by atoms with Gasteiger partial charge in [0.25, 0.3) is 0 Å². The van der Waals surface area contributed by atoms with Crippen LogP contribution < -0.4 is 5.32 Å². The smallest absolute Gasteiger partial charge is 0.0738 e. The minimum atomic E-state index is 0.483. The molecule has 0 aliphatic heterocycles. The molecule has 19 heavy (non-hydrogen) atoms. The van der Waals surface area contributed by atoms with E-state index in [-0.39, 0.29) is 0 Å². The summed E-state index contributed by atoms with van der Waals surface area (Å²) in [5, 5.41) is 8.23. The van der Waals surface area contributed by atoms with Crippen molar-refractivity contribution in [2.75, 3.05) is 13.1 Å². The van der Waals surface area contributed by atoms with Crippen molar-refractivity contribution in [2.24, 2.45) is 11.3 Å². The van der Waals surface area contributed by atoms with Gasteiger partial charge in [0.15, 0.2) is 0 Å². The first-order valence-electron chi connectivity index (χ1n) is 7.40. The average molecular weight is 328 g/mol. The van der Waals surface area contributed by atoms with Crippen LogP contribution in [-0.4, -0.2) is 22.9 Å². The monoisotopic (exact) mass is 327 g/mol. The zero-order valence-corrected chi connectivity index (χ0v) is 14.2.